The number of hydrogen-bond acceptors (Lipinski definition) is 4. The Hall–Kier alpha value is -2.18. The molecule has 1 amide bonds. The standard InChI is InChI=1S/C23H32N4O2/c1-19-3-2-4-21(17-19)27-12-9-24-22(27)18-25-10-7-20(8-11-25)5-6-23(28)26-13-15-29-16-14-26/h2-4,9,12,17,20H,5-8,10-11,13-16,18H2,1H3. The summed E-state index contributed by atoms with van der Waals surface area (Å²) in [4.78, 5) is 21.4. The van der Waals surface area contributed by atoms with Crippen LogP contribution in [0.25, 0.3) is 5.69 Å². The molecule has 0 spiro atoms. The van der Waals surface area contributed by atoms with Crippen LogP contribution < -0.4 is 0 Å². The van der Waals surface area contributed by atoms with E-state index in [0.29, 0.717) is 31.5 Å². The van der Waals surface area contributed by atoms with Crippen molar-refractivity contribution in [2.75, 3.05) is 39.4 Å². The second kappa shape index (κ2) is 9.55. The maximum Gasteiger partial charge on any atom is 0.222 e. The number of piperidine rings is 1. The van der Waals surface area contributed by atoms with Gasteiger partial charge in [-0.2, -0.15) is 0 Å². The van der Waals surface area contributed by atoms with Crippen LogP contribution in [0, 0.1) is 12.8 Å². The Morgan fingerprint density at radius 1 is 1.17 bits per heavy atom. The summed E-state index contributed by atoms with van der Waals surface area (Å²) in [6.07, 6.45) is 7.98. The Morgan fingerprint density at radius 3 is 2.72 bits per heavy atom. The van der Waals surface area contributed by atoms with E-state index < -0.39 is 0 Å². The van der Waals surface area contributed by atoms with Gasteiger partial charge in [-0.25, -0.2) is 4.98 Å². The van der Waals surface area contributed by atoms with Crippen molar-refractivity contribution in [3.63, 3.8) is 0 Å². The minimum absolute atomic E-state index is 0.302. The van der Waals surface area contributed by atoms with Crippen molar-refractivity contribution in [2.45, 2.75) is 39.2 Å². The predicted octanol–water partition coefficient (Wildman–Crippen LogP) is 3.03. The molecule has 2 aliphatic rings. The molecule has 2 fully saturated rings. The molecule has 0 aliphatic carbocycles. The SMILES string of the molecule is Cc1cccc(-n2ccnc2CN2CCC(CCC(=O)N3CCOCC3)CC2)c1. The molecule has 2 aromatic rings. The van der Waals surface area contributed by atoms with Crippen molar-refractivity contribution in [3.8, 4) is 5.69 Å². The van der Waals surface area contributed by atoms with Crippen LogP contribution in [0.4, 0.5) is 0 Å². The lowest BCUT2D eigenvalue weighted by Crippen LogP contribution is -2.41. The minimum atomic E-state index is 0.302. The summed E-state index contributed by atoms with van der Waals surface area (Å²) >= 11 is 0. The van der Waals surface area contributed by atoms with Gasteiger partial charge < -0.3 is 14.2 Å². The molecule has 6 nitrogen and oxygen atoms in total. The Labute approximate surface area is 173 Å². The van der Waals surface area contributed by atoms with Crippen LogP contribution in [0.2, 0.25) is 0 Å². The Bertz CT molecular complexity index is 805. The van der Waals surface area contributed by atoms with Gasteiger partial charge in [0.05, 0.1) is 19.8 Å². The number of imidazole rings is 1. The molecule has 4 rings (SSSR count). The van der Waals surface area contributed by atoms with Crippen molar-refractivity contribution in [3.05, 3.63) is 48.0 Å². The highest BCUT2D eigenvalue weighted by molar-refractivity contribution is 5.76. The summed E-state index contributed by atoms with van der Waals surface area (Å²) in [5.41, 5.74) is 2.43. The van der Waals surface area contributed by atoms with Crippen LogP contribution >= 0.6 is 0 Å². The first kappa shape index (κ1) is 20.1. The van der Waals surface area contributed by atoms with Gasteiger partial charge >= 0.3 is 0 Å². The van der Waals surface area contributed by atoms with E-state index in [1.807, 2.05) is 17.3 Å². The predicted molar refractivity (Wildman–Crippen MR) is 113 cm³/mol. The van der Waals surface area contributed by atoms with Crippen molar-refractivity contribution < 1.29 is 9.53 Å². The second-order valence-corrected chi connectivity index (χ2v) is 8.30. The number of amides is 1. The van der Waals surface area contributed by atoms with Crippen LogP contribution in [0.1, 0.15) is 37.1 Å². The fourth-order valence-electron chi connectivity index (χ4n) is 4.40. The number of carbonyl (C=O) groups excluding carboxylic acids is 1. The first-order chi connectivity index (χ1) is 14.2. The lowest BCUT2D eigenvalue weighted by molar-refractivity contribution is -0.135. The lowest BCUT2D eigenvalue weighted by Gasteiger charge is -2.32. The molecule has 3 heterocycles. The van der Waals surface area contributed by atoms with Crippen molar-refractivity contribution in [2.24, 2.45) is 5.92 Å². The minimum Gasteiger partial charge on any atom is -0.378 e. The number of benzene rings is 1. The normalized spacial score (nSPS) is 18.9. The topological polar surface area (TPSA) is 50.6 Å². The van der Waals surface area contributed by atoms with Gasteiger partial charge in [-0.3, -0.25) is 9.69 Å². The number of ether oxygens (including phenoxy) is 1. The number of rotatable bonds is 6. The van der Waals surface area contributed by atoms with Gasteiger partial charge in [0.1, 0.15) is 5.82 Å². The molecule has 2 saturated heterocycles. The van der Waals surface area contributed by atoms with Gasteiger partial charge in [-0.1, -0.05) is 12.1 Å². The molecular formula is C23H32N4O2. The van der Waals surface area contributed by atoms with Crippen LogP contribution in [0.3, 0.4) is 0 Å². The number of morpholine rings is 1. The smallest absolute Gasteiger partial charge is 0.222 e. The van der Waals surface area contributed by atoms with Crippen LogP contribution in [-0.2, 0) is 16.1 Å². The van der Waals surface area contributed by atoms with Crippen LogP contribution in [0.15, 0.2) is 36.7 Å². The van der Waals surface area contributed by atoms with Gasteiger partial charge in [-0.15, -0.1) is 0 Å². The molecule has 156 valence electrons. The summed E-state index contributed by atoms with van der Waals surface area (Å²) in [6.45, 7) is 8.03. The largest absolute Gasteiger partial charge is 0.378 e. The van der Waals surface area contributed by atoms with Gasteiger partial charge in [0.2, 0.25) is 5.91 Å². The van der Waals surface area contributed by atoms with E-state index in [0.717, 1.165) is 45.0 Å². The van der Waals surface area contributed by atoms with Crippen molar-refractivity contribution in [1.82, 2.24) is 19.4 Å². The van der Waals surface area contributed by atoms with E-state index in [1.54, 1.807) is 0 Å². The average molecular weight is 397 g/mol. The van der Waals surface area contributed by atoms with Crippen LogP contribution in [-0.4, -0.2) is 64.7 Å². The van der Waals surface area contributed by atoms with Gasteiger partial charge in [0, 0.05) is 37.6 Å². The third kappa shape index (κ3) is 5.25. The van der Waals surface area contributed by atoms with Gasteiger partial charge in [-0.05, 0) is 62.9 Å². The summed E-state index contributed by atoms with van der Waals surface area (Å²) in [7, 11) is 0. The number of nitrogens with zero attached hydrogens (tertiary/aromatic N) is 4. The number of aryl methyl sites for hydroxylation is 1. The number of likely N-dealkylation sites (tertiary alicyclic amines) is 1. The monoisotopic (exact) mass is 396 g/mol. The summed E-state index contributed by atoms with van der Waals surface area (Å²) in [6, 6.07) is 8.55. The first-order valence-electron chi connectivity index (χ1n) is 10.9. The third-order valence-corrected chi connectivity index (χ3v) is 6.20. The highest BCUT2D eigenvalue weighted by atomic mass is 16.5. The van der Waals surface area contributed by atoms with Crippen LogP contribution in [0.5, 0.6) is 0 Å². The maximum absolute atomic E-state index is 12.4. The van der Waals surface area contributed by atoms with E-state index in [2.05, 4.69) is 45.6 Å². The van der Waals surface area contributed by atoms with E-state index in [4.69, 9.17) is 4.74 Å². The van der Waals surface area contributed by atoms with E-state index in [9.17, 15) is 4.79 Å². The summed E-state index contributed by atoms with van der Waals surface area (Å²) in [5, 5.41) is 0. The zero-order chi connectivity index (χ0) is 20.1. The molecule has 1 aromatic carbocycles. The summed E-state index contributed by atoms with van der Waals surface area (Å²) in [5.74, 6) is 2.06. The second-order valence-electron chi connectivity index (χ2n) is 8.30. The maximum atomic E-state index is 12.4. The number of hydrogen-bond donors (Lipinski definition) is 0. The molecule has 0 N–H and O–H groups in total. The van der Waals surface area contributed by atoms with Gasteiger partial charge in [0.15, 0.2) is 0 Å². The van der Waals surface area contributed by atoms with Gasteiger partial charge in [0.25, 0.3) is 0 Å². The molecule has 0 atom stereocenters. The van der Waals surface area contributed by atoms with Crippen molar-refractivity contribution in [1.29, 1.82) is 0 Å². The molecule has 1 aromatic heterocycles. The van der Waals surface area contributed by atoms with Crippen molar-refractivity contribution >= 4 is 5.91 Å². The zero-order valence-electron chi connectivity index (χ0n) is 17.4. The Morgan fingerprint density at radius 2 is 1.97 bits per heavy atom. The van der Waals surface area contributed by atoms with E-state index in [-0.39, 0.29) is 0 Å². The number of aromatic nitrogens is 2. The summed E-state index contributed by atoms with van der Waals surface area (Å²) < 4.78 is 7.53. The van der Waals surface area contributed by atoms with E-state index >= 15 is 0 Å². The highest BCUT2D eigenvalue weighted by Gasteiger charge is 2.23. The molecule has 6 heteroatoms. The Kier molecular flexibility index (Phi) is 6.62. The molecular weight excluding hydrogens is 364 g/mol. The van der Waals surface area contributed by atoms with E-state index in [1.165, 1.54) is 24.1 Å². The molecule has 0 saturated carbocycles. The third-order valence-electron chi connectivity index (χ3n) is 6.20. The molecule has 29 heavy (non-hydrogen) atoms. The molecule has 0 bridgehead atoms. The zero-order valence-corrected chi connectivity index (χ0v) is 17.4. The molecule has 2 aliphatic heterocycles. The highest BCUT2D eigenvalue weighted by Crippen LogP contribution is 2.24. The number of carbonyl (C=O) groups is 1. The quantitative estimate of drug-likeness (QED) is 0.753. The fraction of sp³-hybridized carbons (Fsp3) is 0.565. The average Bonchev–Trinajstić information content (AvgIpc) is 3.22. The molecule has 0 radical (unpaired) electrons. The lowest BCUT2D eigenvalue weighted by atomic mass is 9.92. The Balaban J connectivity index is 1.24. The fourth-order valence-corrected chi connectivity index (χ4v) is 4.40. The molecule has 0 unspecified atom stereocenters. The first-order valence-corrected chi connectivity index (χ1v) is 10.9.